The molecule has 4 nitrogen and oxygen atoms in total. The molecule has 0 bridgehead atoms. The van der Waals surface area contributed by atoms with Gasteiger partial charge in [0.15, 0.2) is 11.6 Å². The summed E-state index contributed by atoms with van der Waals surface area (Å²) in [6.07, 6.45) is -0.800. The van der Waals surface area contributed by atoms with Crippen LogP contribution in [0.4, 0.5) is 14.9 Å². The number of nitrogens with one attached hydrogen (secondary N) is 1. The Bertz CT molecular complexity index is 557. The van der Waals surface area contributed by atoms with Gasteiger partial charge in [-0.05, 0) is 24.3 Å². The predicted octanol–water partition coefficient (Wildman–Crippen LogP) is 3.14. The van der Waals surface area contributed by atoms with Gasteiger partial charge in [-0.25, -0.2) is 9.18 Å². The fraction of sp³-hybridized carbons (Fsp3) is 0. The van der Waals surface area contributed by atoms with Gasteiger partial charge in [0.2, 0.25) is 0 Å². The first-order valence-corrected chi connectivity index (χ1v) is 5.17. The van der Waals surface area contributed by atoms with Crippen LogP contribution in [0.5, 0.6) is 11.5 Å². The predicted molar refractivity (Wildman–Crippen MR) is 64.2 cm³/mol. The molecule has 0 atom stereocenters. The van der Waals surface area contributed by atoms with Crippen LogP contribution in [0.2, 0.25) is 0 Å². The summed E-state index contributed by atoms with van der Waals surface area (Å²) in [6.45, 7) is 0. The Morgan fingerprint density at radius 2 is 1.89 bits per heavy atom. The number of hydrogen-bond acceptors (Lipinski definition) is 3. The minimum Gasteiger partial charge on any atom is -0.508 e. The molecule has 0 aliphatic rings. The number of phenolic OH excluding ortho intramolecular Hbond substituents is 1. The highest BCUT2D eigenvalue weighted by atomic mass is 19.1. The van der Waals surface area contributed by atoms with Crippen molar-refractivity contribution < 1.29 is 19.0 Å². The molecule has 2 aromatic carbocycles. The minimum absolute atomic E-state index is 0.233. The van der Waals surface area contributed by atoms with Gasteiger partial charge in [0, 0.05) is 11.8 Å². The third kappa shape index (κ3) is 2.98. The molecule has 1 amide bonds. The second-order valence-corrected chi connectivity index (χ2v) is 3.50. The number of benzene rings is 2. The van der Waals surface area contributed by atoms with Crippen molar-refractivity contribution in [2.75, 3.05) is 5.32 Å². The Labute approximate surface area is 103 Å². The summed E-state index contributed by atoms with van der Waals surface area (Å²) in [5, 5.41) is 11.5. The fourth-order valence-electron chi connectivity index (χ4n) is 1.34. The third-order valence-electron chi connectivity index (χ3n) is 2.14. The van der Waals surface area contributed by atoms with Crippen LogP contribution in [0.3, 0.4) is 0 Å². The van der Waals surface area contributed by atoms with Crippen LogP contribution < -0.4 is 10.1 Å². The number of anilines is 1. The van der Waals surface area contributed by atoms with E-state index in [-0.39, 0.29) is 11.5 Å². The Morgan fingerprint density at radius 1 is 1.17 bits per heavy atom. The van der Waals surface area contributed by atoms with Crippen LogP contribution in [0.15, 0.2) is 48.5 Å². The number of carbonyl (C=O) groups is 1. The van der Waals surface area contributed by atoms with E-state index in [1.54, 1.807) is 30.3 Å². The molecule has 0 unspecified atom stereocenters. The van der Waals surface area contributed by atoms with Gasteiger partial charge in [0.25, 0.3) is 0 Å². The number of para-hydroxylation sites is 1. The summed E-state index contributed by atoms with van der Waals surface area (Å²) in [6, 6.07) is 11.9. The van der Waals surface area contributed by atoms with Crippen LogP contribution in [-0.2, 0) is 0 Å². The van der Waals surface area contributed by atoms with Crippen LogP contribution in [-0.4, -0.2) is 11.2 Å². The molecular formula is C13H10FNO3. The van der Waals surface area contributed by atoms with Gasteiger partial charge in [-0.1, -0.05) is 18.2 Å². The van der Waals surface area contributed by atoms with Crippen molar-refractivity contribution in [1.29, 1.82) is 0 Å². The Morgan fingerprint density at radius 3 is 2.56 bits per heavy atom. The van der Waals surface area contributed by atoms with E-state index in [0.717, 1.165) is 6.07 Å². The molecule has 2 rings (SSSR count). The van der Waals surface area contributed by atoms with E-state index < -0.39 is 11.9 Å². The van der Waals surface area contributed by atoms with Crippen molar-refractivity contribution >= 4 is 11.8 Å². The van der Waals surface area contributed by atoms with Crippen molar-refractivity contribution in [2.45, 2.75) is 0 Å². The minimum atomic E-state index is -0.807. The first kappa shape index (κ1) is 11.9. The maximum Gasteiger partial charge on any atom is 0.417 e. The molecule has 0 radical (unpaired) electrons. The molecule has 0 saturated carbocycles. The zero-order valence-electron chi connectivity index (χ0n) is 9.26. The van der Waals surface area contributed by atoms with Crippen LogP contribution in [0.25, 0.3) is 0 Å². The molecule has 0 aliphatic heterocycles. The highest BCUT2D eigenvalue weighted by molar-refractivity contribution is 5.86. The van der Waals surface area contributed by atoms with Crippen molar-refractivity contribution in [3.8, 4) is 11.5 Å². The molecule has 92 valence electrons. The first-order chi connectivity index (χ1) is 8.65. The summed E-state index contributed by atoms with van der Waals surface area (Å²) in [7, 11) is 0. The quantitative estimate of drug-likeness (QED) is 0.857. The summed E-state index contributed by atoms with van der Waals surface area (Å²) < 4.78 is 18.1. The van der Waals surface area contributed by atoms with Crippen LogP contribution >= 0.6 is 0 Å². The average molecular weight is 247 g/mol. The largest absolute Gasteiger partial charge is 0.508 e. The van der Waals surface area contributed by atoms with Gasteiger partial charge in [-0.3, -0.25) is 5.32 Å². The van der Waals surface area contributed by atoms with Crippen LogP contribution in [0.1, 0.15) is 0 Å². The van der Waals surface area contributed by atoms with Gasteiger partial charge in [0.05, 0.1) is 0 Å². The highest BCUT2D eigenvalue weighted by Crippen LogP contribution is 2.22. The zero-order valence-corrected chi connectivity index (χ0v) is 9.26. The lowest BCUT2D eigenvalue weighted by Gasteiger charge is -2.07. The number of carbonyl (C=O) groups excluding carboxylic acids is 1. The van der Waals surface area contributed by atoms with E-state index in [9.17, 15) is 9.18 Å². The number of hydrogen-bond donors (Lipinski definition) is 2. The van der Waals surface area contributed by atoms with E-state index in [0.29, 0.717) is 5.69 Å². The van der Waals surface area contributed by atoms with Crippen molar-refractivity contribution in [3.63, 3.8) is 0 Å². The fourth-order valence-corrected chi connectivity index (χ4v) is 1.34. The molecule has 0 aliphatic carbocycles. The lowest BCUT2D eigenvalue weighted by molar-refractivity contribution is 0.213. The van der Waals surface area contributed by atoms with Crippen molar-refractivity contribution in [3.05, 3.63) is 54.3 Å². The normalized spacial score (nSPS) is 9.83. The Kier molecular flexibility index (Phi) is 3.43. The summed E-state index contributed by atoms with van der Waals surface area (Å²) >= 11 is 0. The van der Waals surface area contributed by atoms with E-state index in [4.69, 9.17) is 9.84 Å². The Balaban J connectivity index is 2.03. The number of rotatable bonds is 2. The van der Waals surface area contributed by atoms with Crippen molar-refractivity contribution in [2.24, 2.45) is 0 Å². The number of amides is 1. The number of halogens is 1. The molecule has 0 saturated heterocycles. The lowest BCUT2D eigenvalue weighted by atomic mass is 10.3. The van der Waals surface area contributed by atoms with Gasteiger partial charge >= 0.3 is 6.09 Å². The molecule has 0 aromatic heterocycles. The average Bonchev–Trinajstić information content (AvgIpc) is 2.34. The topological polar surface area (TPSA) is 58.6 Å². The van der Waals surface area contributed by atoms with E-state index in [1.807, 2.05) is 0 Å². The van der Waals surface area contributed by atoms with Crippen LogP contribution in [0, 0.1) is 5.82 Å². The SMILES string of the molecule is O=C(Nc1ccccc1)Oc1ccc(O)cc1F. The second kappa shape index (κ2) is 5.18. The number of aromatic hydroxyl groups is 1. The van der Waals surface area contributed by atoms with E-state index in [1.165, 1.54) is 12.1 Å². The molecule has 18 heavy (non-hydrogen) atoms. The Hall–Kier alpha value is -2.56. The van der Waals surface area contributed by atoms with Gasteiger partial charge in [-0.15, -0.1) is 0 Å². The monoisotopic (exact) mass is 247 g/mol. The zero-order chi connectivity index (χ0) is 13.0. The van der Waals surface area contributed by atoms with Crippen molar-refractivity contribution in [1.82, 2.24) is 0 Å². The summed E-state index contributed by atoms with van der Waals surface area (Å²) in [4.78, 5) is 11.5. The molecule has 2 aromatic rings. The number of phenols is 1. The smallest absolute Gasteiger partial charge is 0.417 e. The molecule has 5 heteroatoms. The maximum absolute atomic E-state index is 13.3. The van der Waals surface area contributed by atoms with Gasteiger partial charge < -0.3 is 9.84 Å². The maximum atomic E-state index is 13.3. The van der Waals surface area contributed by atoms with Gasteiger partial charge in [0.1, 0.15) is 5.75 Å². The van der Waals surface area contributed by atoms with E-state index >= 15 is 0 Å². The lowest BCUT2D eigenvalue weighted by Crippen LogP contribution is -2.17. The first-order valence-electron chi connectivity index (χ1n) is 5.17. The molecule has 0 fully saturated rings. The number of ether oxygens (including phenoxy) is 1. The summed E-state index contributed by atoms with van der Waals surface area (Å²) in [5.41, 5.74) is 0.543. The van der Waals surface area contributed by atoms with Gasteiger partial charge in [-0.2, -0.15) is 0 Å². The molecule has 2 N–H and O–H groups in total. The molecular weight excluding hydrogens is 237 g/mol. The highest BCUT2D eigenvalue weighted by Gasteiger charge is 2.09. The third-order valence-corrected chi connectivity index (χ3v) is 2.14. The molecule has 0 heterocycles. The molecule has 0 spiro atoms. The standard InChI is InChI=1S/C13H10FNO3/c14-11-8-10(16)6-7-12(11)18-13(17)15-9-4-2-1-3-5-9/h1-8,16H,(H,15,17). The second-order valence-electron chi connectivity index (χ2n) is 3.50. The van der Waals surface area contributed by atoms with E-state index in [2.05, 4.69) is 5.32 Å². The summed E-state index contributed by atoms with van der Waals surface area (Å²) in [5.74, 6) is -1.29.